The minimum atomic E-state index is -0.570. The molecule has 0 N–H and O–H groups in total. The number of carbonyl (C=O) groups is 1. The second kappa shape index (κ2) is 10.5. The molecule has 0 radical (unpaired) electrons. The summed E-state index contributed by atoms with van der Waals surface area (Å²) in [4.78, 5) is 38.9. The molecule has 1 aromatic carbocycles. The summed E-state index contributed by atoms with van der Waals surface area (Å²) in [6.45, 7) is 9.46. The third kappa shape index (κ3) is 5.55. The lowest BCUT2D eigenvalue weighted by molar-refractivity contribution is 0.0240. The largest absolute Gasteiger partial charge is 0.444 e. The van der Waals surface area contributed by atoms with Crippen molar-refractivity contribution < 1.29 is 9.53 Å². The number of anilines is 1. The number of halogens is 1. The van der Waals surface area contributed by atoms with Crippen LogP contribution >= 0.6 is 11.6 Å². The van der Waals surface area contributed by atoms with E-state index in [1.165, 1.54) is 4.57 Å². The van der Waals surface area contributed by atoms with Gasteiger partial charge in [-0.3, -0.25) is 13.9 Å². The molecule has 1 fully saturated rings. The fraction of sp³-hybridized carbons (Fsp3) is 0.423. The van der Waals surface area contributed by atoms with Gasteiger partial charge in [0.05, 0.1) is 24.7 Å². The average Bonchev–Trinajstić information content (AvgIpc) is 3.22. The molecule has 192 valence electrons. The smallest absolute Gasteiger partial charge is 0.410 e. The van der Waals surface area contributed by atoms with Crippen LogP contribution in [0.3, 0.4) is 0 Å². The van der Waals surface area contributed by atoms with Gasteiger partial charge in [-0.05, 0) is 50.9 Å². The normalized spacial score (nSPS) is 13.7. The number of nitrogens with zero attached hydrogens (tertiary/aromatic N) is 7. The van der Waals surface area contributed by atoms with Gasteiger partial charge in [0.1, 0.15) is 5.60 Å². The number of imidazole rings is 1. The van der Waals surface area contributed by atoms with Gasteiger partial charge in [0.25, 0.3) is 5.56 Å². The molecular weight excluding hydrogens is 494 g/mol. The highest BCUT2D eigenvalue weighted by molar-refractivity contribution is 6.28. The second-order valence-electron chi connectivity index (χ2n) is 9.59. The van der Waals surface area contributed by atoms with Gasteiger partial charge in [-0.15, -0.1) is 5.92 Å². The summed E-state index contributed by atoms with van der Waals surface area (Å²) in [5, 5.41) is 9.43. The summed E-state index contributed by atoms with van der Waals surface area (Å²) in [7, 11) is 0. The fourth-order valence-corrected chi connectivity index (χ4v) is 4.33. The van der Waals surface area contributed by atoms with Crippen LogP contribution in [0.25, 0.3) is 11.2 Å². The Labute approximate surface area is 220 Å². The Balaban J connectivity index is 1.70. The zero-order valence-electron chi connectivity index (χ0n) is 21.3. The number of benzene rings is 1. The summed E-state index contributed by atoms with van der Waals surface area (Å²) >= 11 is 6.43. The van der Waals surface area contributed by atoms with Crippen LogP contribution in [0.15, 0.2) is 29.1 Å². The van der Waals surface area contributed by atoms with E-state index in [2.05, 4.69) is 27.9 Å². The van der Waals surface area contributed by atoms with Crippen LogP contribution in [0.5, 0.6) is 0 Å². The Morgan fingerprint density at radius 1 is 1.14 bits per heavy atom. The molecule has 0 aliphatic carbocycles. The summed E-state index contributed by atoms with van der Waals surface area (Å²) in [6, 6.07) is 9.18. The molecule has 0 saturated carbocycles. The lowest BCUT2D eigenvalue weighted by atomic mass is 10.1. The number of hydrogen-bond donors (Lipinski definition) is 0. The molecule has 0 bridgehead atoms. The monoisotopic (exact) mass is 521 g/mol. The van der Waals surface area contributed by atoms with E-state index in [-0.39, 0.29) is 41.2 Å². The minimum Gasteiger partial charge on any atom is -0.444 e. The van der Waals surface area contributed by atoms with Crippen LogP contribution in [0.2, 0.25) is 5.28 Å². The molecule has 3 heterocycles. The van der Waals surface area contributed by atoms with Crippen LogP contribution in [0, 0.1) is 23.2 Å². The zero-order chi connectivity index (χ0) is 26.7. The SMILES string of the molecule is CC#CCn1c(N2CCN(C(=O)OC(C)(C)C)CC2)nc2nc(Cl)n(Cc3ccccc3C#N)c(=O)c21. The molecule has 1 saturated heterocycles. The molecule has 37 heavy (non-hydrogen) atoms. The van der Waals surface area contributed by atoms with Gasteiger partial charge in [-0.2, -0.15) is 15.2 Å². The highest BCUT2D eigenvalue weighted by Gasteiger charge is 2.29. The van der Waals surface area contributed by atoms with Crippen molar-refractivity contribution in [3.63, 3.8) is 0 Å². The Morgan fingerprint density at radius 3 is 2.49 bits per heavy atom. The molecule has 4 rings (SSSR count). The van der Waals surface area contributed by atoms with Crippen LogP contribution < -0.4 is 10.5 Å². The van der Waals surface area contributed by atoms with Crippen LogP contribution in [-0.2, 0) is 17.8 Å². The van der Waals surface area contributed by atoms with Crippen LogP contribution in [0.1, 0.15) is 38.8 Å². The fourth-order valence-electron chi connectivity index (χ4n) is 4.12. The number of nitriles is 1. The summed E-state index contributed by atoms with van der Waals surface area (Å²) < 4.78 is 8.57. The summed E-state index contributed by atoms with van der Waals surface area (Å²) in [5.74, 6) is 6.42. The predicted octanol–water partition coefficient (Wildman–Crippen LogP) is 3.25. The van der Waals surface area contributed by atoms with Crippen molar-refractivity contribution in [1.82, 2.24) is 24.0 Å². The molecule has 1 aliphatic heterocycles. The topological polar surface area (TPSA) is 109 Å². The Bertz CT molecular complexity index is 1490. The van der Waals surface area contributed by atoms with E-state index < -0.39 is 5.60 Å². The van der Waals surface area contributed by atoms with Gasteiger partial charge in [0, 0.05) is 26.2 Å². The van der Waals surface area contributed by atoms with E-state index in [9.17, 15) is 14.9 Å². The van der Waals surface area contributed by atoms with Crippen molar-refractivity contribution in [3.8, 4) is 17.9 Å². The van der Waals surface area contributed by atoms with Crippen molar-refractivity contribution in [1.29, 1.82) is 5.26 Å². The number of fused-ring (bicyclic) bond motifs is 1. The molecule has 1 amide bonds. The standard InChI is InChI=1S/C26H28ClN7O3/c1-5-6-11-33-20-21(29-23(27)34(22(20)35)17-19-10-8-7-9-18(19)16-28)30-24(33)31-12-14-32(15-13-31)25(36)37-26(2,3)4/h7-10H,11-15,17H2,1-4H3. The van der Waals surface area contributed by atoms with Gasteiger partial charge >= 0.3 is 6.09 Å². The molecule has 0 atom stereocenters. The maximum Gasteiger partial charge on any atom is 0.410 e. The number of aromatic nitrogens is 4. The van der Waals surface area contributed by atoms with E-state index in [1.807, 2.05) is 25.7 Å². The first-order chi connectivity index (χ1) is 17.6. The summed E-state index contributed by atoms with van der Waals surface area (Å²) in [6.07, 6.45) is -0.355. The molecule has 3 aromatic rings. The molecule has 0 unspecified atom stereocenters. The van der Waals surface area contributed by atoms with E-state index in [0.717, 1.165) is 0 Å². The van der Waals surface area contributed by atoms with Crippen molar-refractivity contribution in [2.45, 2.75) is 46.4 Å². The Hall–Kier alpha value is -4.02. The van der Waals surface area contributed by atoms with Crippen molar-refractivity contribution in [2.24, 2.45) is 0 Å². The van der Waals surface area contributed by atoms with Crippen LogP contribution in [0.4, 0.5) is 10.7 Å². The maximum atomic E-state index is 13.7. The average molecular weight is 522 g/mol. The maximum absolute atomic E-state index is 13.7. The van der Waals surface area contributed by atoms with Crippen molar-refractivity contribution in [3.05, 3.63) is 51.0 Å². The Morgan fingerprint density at radius 2 is 1.84 bits per heavy atom. The van der Waals surface area contributed by atoms with E-state index >= 15 is 0 Å². The minimum absolute atomic E-state index is 0.0160. The number of rotatable bonds is 4. The summed E-state index contributed by atoms with van der Waals surface area (Å²) in [5.41, 5.74) is 0.687. The number of piperazine rings is 1. The number of ether oxygens (including phenoxy) is 1. The Kier molecular flexibility index (Phi) is 7.42. The van der Waals surface area contributed by atoms with Gasteiger partial charge in [-0.1, -0.05) is 24.1 Å². The van der Waals surface area contributed by atoms with E-state index in [0.29, 0.717) is 43.3 Å². The molecule has 10 nitrogen and oxygen atoms in total. The number of hydrogen-bond acceptors (Lipinski definition) is 7. The van der Waals surface area contributed by atoms with Gasteiger partial charge < -0.3 is 14.5 Å². The molecular formula is C26H28ClN7O3. The van der Waals surface area contributed by atoms with Crippen molar-refractivity contribution >= 4 is 34.8 Å². The molecule has 0 spiro atoms. The number of carbonyl (C=O) groups excluding carboxylic acids is 1. The van der Waals surface area contributed by atoms with Crippen LogP contribution in [-0.4, -0.2) is 61.9 Å². The van der Waals surface area contributed by atoms with Gasteiger partial charge in [0.2, 0.25) is 11.2 Å². The molecule has 11 heteroatoms. The second-order valence-corrected chi connectivity index (χ2v) is 9.93. The first-order valence-electron chi connectivity index (χ1n) is 11.9. The van der Waals surface area contributed by atoms with E-state index in [4.69, 9.17) is 16.3 Å². The number of amides is 1. The third-order valence-electron chi connectivity index (χ3n) is 5.89. The van der Waals surface area contributed by atoms with Crippen molar-refractivity contribution in [2.75, 3.05) is 31.1 Å². The van der Waals surface area contributed by atoms with E-state index in [1.54, 1.807) is 40.7 Å². The zero-order valence-corrected chi connectivity index (χ0v) is 22.0. The highest BCUT2D eigenvalue weighted by atomic mass is 35.5. The molecule has 2 aromatic heterocycles. The first kappa shape index (κ1) is 26.1. The predicted molar refractivity (Wildman–Crippen MR) is 141 cm³/mol. The third-order valence-corrected chi connectivity index (χ3v) is 6.18. The van der Waals surface area contributed by atoms with Gasteiger partial charge in [0.15, 0.2) is 11.2 Å². The lowest BCUT2D eigenvalue weighted by Gasteiger charge is -2.36. The first-order valence-corrected chi connectivity index (χ1v) is 12.3. The lowest BCUT2D eigenvalue weighted by Crippen LogP contribution is -2.50. The molecule has 1 aliphatic rings. The quantitative estimate of drug-likeness (QED) is 0.383. The van der Waals surface area contributed by atoms with Gasteiger partial charge in [-0.25, -0.2) is 4.79 Å². The highest BCUT2D eigenvalue weighted by Crippen LogP contribution is 2.23.